The zero-order chi connectivity index (χ0) is 12.3. The van der Waals surface area contributed by atoms with Gasteiger partial charge in [-0.3, -0.25) is 4.79 Å². The van der Waals surface area contributed by atoms with Crippen LogP contribution in [0.3, 0.4) is 0 Å². The lowest BCUT2D eigenvalue weighted by molar-refractivity contribution is -0.128. The van der Waals surface area contributed by atoms with Crippen molar-refractivity contribution in [2.75, 3.05) is 13.7 Å². The fourth-order valence-electron chi connectivity index (χ4n) is 1.88. The number of ketones is 1. The van der Waals surface area contributed by atoms with Crippen LogP contribution in [-0.4, -0.2) is 25.5 Å². The van der Waals surface area contributed by atoms with Gasteiger partial charge in [-0.25, -0.2) is 4.79 Å². The van der Waals surface area contributed by atoms with E-state index in [4.69, 9.17) is 4.74 Å². The van der Waals surface area contributed by atoms with Gasteiger partial charge in [0.05, 0.1) is 25.4 Å². The molecule has 0 aromatic heterocycles. The standard InChI is InChI=1S/C13H14O4/c1-16-13(15)10-4-2-3-9(7-10)12-8-11(14)5-6-17-12/h2-4,7,12H,5-6,8H2,1H3/t12-/m0/s1. The molecule has 0 saturated carbocycles. The maximum atomic E-state index is 11.4. The molecule has 0 spiro atoms. The first kappa shape index (κ1) is 11.8. The van der Waals surface area contributed by atoms with Crippen molar-refractivity contribution < 1.29 is 19.1 Å². The molecule has 1 saturated heterocycles. The Morgan fingerprint density at radius 1 is 1.47 bits per heavy atom. The van der Waals surface area contributed by atoms with Crippen LogP contribution < -0.4 is 0 Å². The van der Waals surface area contributed by atoms with E-state index in [-0.39, 0.29) is 17.9 Å². The summed E-state index contributed by atoms with van der Waals surface area (Å²) in [5, 5.41) is 0. The van der Waals surface area contributed by atoms with Gasteiger partial charge >= 0.3 is 5.97 Å². The number of hydrogen-bond acceptors (Lipinski definition) is 4. The first-order valence-electron chi connectivity index (χ1n) is 5.52. The third-order valence-corrected chi connectivity index (χ3v) is 2.79. The SMILES string of the molecule is COC(=O)c1cccc([C@@H]2CC(=O)CCO2)c1. The van der Waals surface area contributed by atoms with E-state index < -0.39 is 0 Å². The number of methoxy groups -OCH3 is 1. The summed E-state index contributed by atoms with van der Waals surface area (Å²) in [6, 6.07) is 7.02. The second-order valence-corrected chi connectivity index (χ2v) is 3.97. The van der Waals surface area contributed by atoms with Gasteiger partial charge in [0.2, 0.25) is 0 Å². The molecule has 0 unspecified atom stereocenters. The Bertz CT molecular complexity index is 439. The second kappa shape index (κ2) is 5.10. The number of Topliss-reactive ketones (excluding diaryl/α,β-unsaturated/α-hetero) is 1. The molecule has 90 valence electrons. The van der Waals surface area contributed by atoms with E-state index in [0.717, 1.165) is 5.56 Å². The van der Waals surface area contributed by atoms with Crippen LogP contribution in [-0.2, 0) is 14.3 Å². The lowest BCUT2D eigenvalue weighted by atomic mass is 9.99. The molecule has 1 heterocycles. The van der Waals surface area contributed by atoms with Crippen molar-refractivity contribution in [3.05, 3.63) is 35.4 Å². The van der Waals surface area contributed by atoms with Gasteiger partial charge < -0.3 is 9.47 Å². The maximum Gasteiger partial charge on any atom is 0.337 e. The Balaban J connectivity index is 2.20. The molecule has 17 heavy (non-hydrogen) atoms. The Kier molecular flexibility index (Phi) is 3.54. The van der Waals surface area contributed by atoms with Crippen molar-refractivity contribution in [3.8, 4) is 0 Å². The molecule has 1 aliphatic rings. The molecule has 1 aromatic carbocycles. The van der Waals surface area contributed by atoms with Crippen molar-refractivity contribution in [1.82, 2.24) is 0 Å². The van der Waals surface area contributed by atoms with E-state index in [9.17, 15) is 9.59 Å². The van der Waals surface area contributed by atoms with Gasteiger partial charge in [0.15, 0.2) is 0 Å². The Morgan fingerprint density at radius 3 is 3.00 bits per heavy atom. The molecule has 0 amide bonds. The van der Waals surface area contributed by atoms with Gasteiger partial charge in [0.1, 0.15) is 5.78 Å². The quantitative estimate of drug-likeness (QED) is 0.733. The molecule has 4 nitrogen and oxygen atoms in total. The fraction of sp³-hybridized carbons (Fsp3) is 0.385. The molecule has 0 N–H and O–H groups in total. The first-order valence-corrected chi connectivity index (χ1v) is 5.52. The van der Waals surface area contributed by atoms with E-state index in [1.54, 1.807) is 18.2 Å². The molecule has 1 atom stereocenters. The Morgan fingerprint density at radius 2 is 2.29 bits per heavy atom. The summed E-state index contributed by atoms with van der Waals surface area (Å²) in [5.74, 6) is -0.182. The highest BCUT2D eigenvalue weighted by atomic mass is 16.5. The van der Waals surface area contributed by atoms with E-state index >= 15 is 0 Å². The van der Waals surface area contributed by atoms with Gasteiger partial charge in [-0.05, 0) is 17.7 Å². The topological polar surface area (TPSA) is 52.6 Å². The number of ether oxygens (including phenoxy) is 2. The third-order valence-electron chi connectivity index (χ3n) is 2.79. The molecule has 1 fully saturated rings. The third kappa shape index (κ3) is 2.71. The number of hydrogen-bond donors (Lipinski definition) is 0. The van der Waals surface area contributed by atoms with Crippen molar-refractivity contribution in [3.63, 3.8) is 0 Å². The van der Waals surface area contributed by atoms with Crippen LogP contribution in [0.1, 0.15) is 34.9 Å². The summed E-state index contributed by atoms with van der Waals surface area (Å²) in [6.07, 6.45) is 0.624. The van der Waals surface area contributed by atoms with E-state index in [2.05, 4.69) is 4.74 Å². The van der Waals surface area contributed by atoms with Crippen LogP contribution in [0.4, 0.5) is 0 Å². The zero-order valence-electron chi connectivity index (χ0n) is 9.64. The summed E-state index contributed by atoms with van der Waals surface area (Å²) in [4.78, 5) is 22.7. The number of carbonyl (C=O) groups is 2. The minimum absolute atomic E-state index is 0.199. The fourth-order valence-corrected chi connectivity index (χ4v) is 1.88. The maximum absolute atomic E-state index is 11.4. The van der Waals surface area contributed by atoms with Crippen molar-refractivity contribution in [1.29, 1.82) is 0 Å². The highest BCUT2D eigenvalue weighted by molar-refractivity contribution is 5.89. The highest BCUT2D eigenvalue weighted by Gasteiger charge is 2.22. The van der Waals surface area contributed by atoms with Crippen LogP contribution in [0, 0.1) is 0 Å². The van der Waals surface area contributed by atoms with Crippen molar-refractivity contribution in [2.24, 2.45) is 0 Å². The minimum atomic E-state index is -0.381. The van der Waals surface area contributed by atoms with Gasteiger partial charge in [0, 0.05) is 12.8 Å². The molecular weight excluding hydrogens is 220 g/mol. The first-order chi connectivity index (χ1) is 8.20. The van der Waals surface area contributed by atoms with Crippen LogP contribution in [0.25, 0.3) is 0 Å². The predicted molar refractivity (Wildman–Crippen MR) is 60.7 cm³/mol. The normalized spacial score (nSPS) is 20.1. The number of esters is 1. The molecule has 4 heteroatoms. The van der Waals surface area contributed by atoms with Crippen molar-refractivity contribution >= 4 is 11.8 Å². The second-order valence-electron chi connectivity index (χ2n) is 3.97. The smallest absolute Gasteiger partial charge is 0.337 e. The van der Waals surface area contributed by atoms with Gasteiger partial charge in [0.25, 0.3) is 0 Å². The summed E-state index contributed by atoms with van der Waals surface area (Å²) in [6.45, 7) is 0.450. The zero-order valence-corrected chi connectivity index (χ0v) is 9.64. The van der Waals surface area contributed by atoms with Crippen molar-refractivity contribution in [2.45, 2.75) is 18.9 Å². The molecule has 0 radical (unpaired) electrons. The van der Waals surface area contributed by atoms with Crippen LogP contribution >= 0.6 is 0 Å². The molecule has 0 bridgehead atoms. The largest absolute Gasteiger partial charge is 0.465 e. The number of benzene rings is 1. The highest BCUT2D eigenvalue weighted by Crippen LogP contribution is 2.26. The molecule has 1 aromatic rings. The number of carbonyl (C=O) groups excluding carboxylic acids is 2. The van der Waals surface area contributed by atoms with Gasteiger partial charge in [-0.2, -0.15) is 0 Å². The van der Waals surface area contributed by atoms with Crippen LogP contribution in [0.2, 0.25) is 0 Å². The number of rotatable bonds is 2. The van der Waals surface area contributed by atoms with Crippen LogP contribution in [0.15, 0.2) is 24.3 Å². The molecular formula is C13H14O4. The monoisotopic (exact) mass is 234 g/mol. The Hall–Kier alpha value is -1.68. The lowest BCUT2D eigenvalue weighted by Crippen LogP contribution is -2.19. The summed E-state index contributed by atoms with van der Waals surface area (Å²) >= 11 is 0. The summed E-state index contributed by atoms with van der Waals surface area (Å²) in [7, 11) is 1.34. The van der Waals surface area contributed by atoms with E-state index in [1.165, 1.54) is 7.11 Å². The molecule has 2 rings (SSSR count). The van der Waals surface area contributed by atoms with Crippen LogP contribution in [0.5, 0.6) is 0 Å². The average Bonchev–Trinajstić information content (AvgIpc) is 2.38. The lowest BCUT2D eigenvalue weighted by Gasteiger charge is -2.22. The summed E-state index contributed by atoms with van der Waals surface area (Å²) < 4.78 is 10.2. The molecule has 1 aliphatic heterocycles. The Labute approximate surface area is 99.5 Å². The van der Waals surface area contributed by atoms with Gasteiger partial charge in [-0.1, -0.05) is 12.1 Å². The summed E-state index contributed by atoms with van der Waals surface area (Å²) in [5.41, 5.74) is 1.33. The minimum Gasteiger partial charge on any atom is -0.465 e. The predicted octanol–water partition coefficient (Wildman–Crippen LogP) is 1.89. The van der Waals surface area contributed by atoms with E-state index in [1.807, 2.05) is 6.07 Å². The van der Waals surface area contributed by atoms with E-state index in [0.29, 0.717) is 25.0 Å². The molecule has 0 aliphatic carbocycles. The van der Waals surface area contributed by atoms with Gasteiger partial charge in [-0.15, -0.1) is 0 Å². The average molecular weight is 234 g/mol.